The number of carbonyl (C=O) groups excluding carboxylic acids is 2. The fourth-order valence-corrected chi connectivity index (χ4v) is 5.08. The number of hydrogen-bond donors (Lipinski definition) is 1. The molecule has 1 amide bonds. The Morgan fingerprint density at radius 3 is 2.36 bits per heavy atom. The normalized spacial score (nSPS) is 13.8. The molecule has 0 radical (unpaired) electrons. The molecule has 1 heterocycles. The van der Waals surface area contributed by atoms with Crippen molar-refractivity contribution in [3.8, 4) is 5.75 Å². The molecule has 0 aromatic heterocycles. The van der Waals surface area contributed by atoms with Crippen LogP contribution in [0.5, 0.6) is 5.75 Å². The van der Waals surface area contributed by atoms with Crippen LogP contribution in [0.1, 0.15) is 31.8 Å². The SMILES string of the molecule is COC(=O)c1ccc(N2CCN(Cc3ccccc3)CC2)c(NC(=O)c2cc(Br)cc(C)c2OC)c1. The van der Waals surface area contributed by atoms with Crippen molar-refractivity contribution in [2.75, 3.05) is 50.6 Å². The van der Waals surface area contributed by atoms with Crippen LogP contribution in [0.4, 0.5) is 11.4 Å². The molecule has 1 fully saturated rings. The highest BCUT2D eigenvalue weighted by atomic mass is 79.9. The fourth-order valence-electron chi connectivity index (χ4n) is 4.50. The maximum absolute atomic E-state index is 13.4. The minimum absolute atomic E-state index is 0.317. The lowest BCUT2D eigenvalue weighted by atomic mass is 10.1. The van der Waals surface area contributed by atoms with Crippen molar-refractivity contribution < 1.29 is 19.1 Å². The number of hydrogen-bond acceptors (Lipinski definition) is 6. The van der Waals surface area contributed by atoms with Gasteiger partial charge in [0.25, 0.3) is 5.91 Å². The number of benzene rings is 3. The Labute approximate surface area is 220 Å². The molecule has 0 atom stereocenters. The third-order valence-electron chi connectivity index (χ3n) is 6.32. The Morgan fingerprint density at radius 2 is 1.69 bits per heavy atom. The molecule has 3 aromatic rings. The van der Waals surface area contributed by atoms with Crippen LogP contribution >= 0.6 is 15.9 Å². The minimum atomic E-state index is -0.458. The van der Waals surface area contributed by atoms with Gasteiger partial charge in [-0.25, -0.2) is 4.79 Å². The summed E-state index contributed by atoms with van der Waals surface area (Å²) in [5.41, 5.74) is 4.33. The van der Waals surface area contributed by atoms with Crippen molar-refractivity contribution in [3.63, 3.8) is 0 Å². The minimum Gasteiger partial charge on any atom is -0.496 e. The number of esters is 1. The van der Waals surface area contributed by atoms with Gasteiger partial charge in [0.05, 0.1) is 36.7 Å². The summed E-state index contributed by atoms with van der Waals surface area (Å²) in [4.78, 5) is 30.3. The molecule has 0 bridgehead atoms. The first-order chi connectivity index (χ1) is 17.4. The Balaban J connectivity index is 1.57. The second-order valence-electron chi connectivity index (χ2n) is 8.73. The quantitative estimate of drug-likeness (QED) is 0.410. The van der Waals surface area contributed by atoms with Gasteiger partial charge in [-0.05, 0) is 48.4 Å². The van der Waals surface area contributed by atoms with Gasteiger partial charge < -0.3 is 19.7 Å². The van der Waals surface area contributed by atoms with Gasteiger partial charge in [0.15, 0.2) is 0 Å². The van der Waals surface area contributed by atoms with Crippen molar-refractivity contribution in [2.45, 2.75) is 13.5 Å². The van der Waals surface area contributed by atoms with Crippen molar-refractivity contribution in [2.24, 2.45) is 0 Å². The first-order valence-electron chi connectivity index (χ1n) is 11.8. The third kappa shape index (κ3) is 5.88. The van der Waals surface area contributed by atoms with E-state index < -0.39 is 5.97 Å². The first kappa shape index (κ1) is 25.7. The summed E-state index contributed by atoms with van der Waals surface area (Å²) in [5.74, 6) is -0.265. The molecule has 7 nitrogen and oxygen atoms in total. The van der Waals surface area contributed by atoms with E-state index in [-0.39, 0.29) is 5.91 Å². The number of aryl methyl sites for hydroxylation is 1. The van der Waals surface area contributed by atoms with Crippen molar-refractivity contribution in [1.82, 2.24) is 4.90 Å². The number of amides is 1. The predicted octanol–water partition coefficient (Wildman–Crippen LogP) is 5.13. The molecule has 1 saturated heterocycles. The topological polar surface area (TPSA) is 71.1 Å². The van der Waals surface area contributed by atoms with Gasteiger partial charge in [0.1, 0.15) is 5.75 Å². The molecule has 36 heavy (non-hydrogen) atoms. The van der Waals surface area contributed by atoms with E-state index in [9.17, 15) is 9.59 Å². The lowest BCUT2D eigenvalue weighted by Crippen LogP contribution is -2.46. The van der Waals surface area contributed by atoms with Gasteiger partial charge in [-0.3, -0.25) is 9.69 Å². The molecule has 0 aliphatic carbocycles. The number of piperazine rings is 1. The van der Waals surface area contributed by atoms with Crippen LogP contribution in [0.15, 0.2) is 65.1 Å². The predicted molar refractivity (Wildman–Crippen MR) is 145 cm³/mol. The van der Waals surface area contributed by atoms with Gasteiger partial charge in [-0.1, -0.05) is 46.3 Å². The van der Waals surface area contributed by atoms with Crippen LogP contribution in [0.3, 0.4) is 0 Å². The summed E-state index contributed by atoms with van der Waals surface area (Å²) < 4.78 is 11.2. The molecule has 0 saturated carbocycles. The van der Waals surface area contributed by atoms with E-state index in [2.05, 4.69) is 55.3 Å². The van der Waals surface area contributed by atoms with E-state index in [0.717, 1.165) is 48.4 Å². The van der Waals surface area contributed by atoms with Crippen molar-refractivity contribution in [3.05, 3.63) is 87.4 Å². The largest absolute Gasteiger partial charge is 0.496 e. The van der Waals surface area contributed by atoms with E-state index in [1.807, 2.05) is 25.1 Å². The number of anilines is 2. The van der Waals surface area contributed by atoms with Gasteiger partial charge in [0.2, 0.25) is 0 Å². The summed E-state index contributed by atoms with van der Waals surface area (Å²) in [6.45, 7) is 6.17. The molecular weight excluding hydrogens is 522 g/mol. The zero-order valence-corrected chi connectivity index (χ0v) is 22.3. The highest BCUT2D eigenvalue weighted by Gasteiger charge is 2.23. The second kappa shape index (κ2) is 11.6. The maximum atomic E-state index is 13.4. The van der Waals surface area contributed by atoms with E-state index >= 15 is 0 Å². The summed E-state index contributed by atoms with van der Waals surface area (Å²) >= 11 is 3.47. The summed E-state index contributed by atoms with van der Waals surface area (Å²) in [7, 11) is 2.89. The molecule has 0 unspecified atom stereocenters. The van der Waals surface area contributed by atoms with Gasteiger partial charge >= 0.3 is 5.97 Å². The average molecular weight is 552 g/mol. The third-order valence-corrected chi connectivity index (χ3v) is 6.77. The number of halogens is 1. The van der Waals surface area contributed by atoms with Crippen LogP contribution in [0.25, 0.3) is 0 Å². The van der Waals surface area contributed by atoms with Crippen LogP contribution in [0, 0.1) is 6.92 Å². The van der Waals surface area contributed by atoms with Gasteiger partial charge in [-0.2, -0.15) is 0 Å². The highest BCUT2D eigenvalue weighted by molar-refractivity contribution is 9.10. The van der Waals surface area contributed by atoms with E-state index in [0.29, 0.717) is 22.6 Å². The van der Waals surface area contributed by atoms with E-state index in [1.54, 1.807) is 25.3 Å². The smallest absolute Gasteiger partial charge is 0.337 e. The number of methoxy groups -OCH3 is 2. The van der Waals surface area contributed by atoms with Gasteiger partial charge in [-0.15, -0.1) is 0 Å². The zero-order chi connectivity index (χ0) is 25.7. The summed E-state index contributed by atoms with van der Waals surface area (Å²) in [6.07, 6.45) is 0. The number of nitrogens with zero attached hydrogens (tertiary/aromatic N) is 2. The summed E-state index contributed by atoms with van der Waals surface area (Å²) in [6, 6.07) is 19.3. The number of rotatable bonds is 7. The van der Waals surface area contributed by atoms with Crippen LogP contribution in [-0.2, 0) is 11.3 Å². The number of nitrogens with one attached hydrogen (secondary N) is 1. The van der Waals surface area contributed by atoms with Gasteiger partial charge in [0, 0.05) is 37.2 Å². The highest BCUT2D eigenvalue weighted by Crippen LogP contribution is 2.32. The average Bonchev–Trinajstić information content (AvgIpc) is 2.89. The van der Waals surface area contributed by atoms with Crippen molar-refractivity contribution >= 4 is 39.2 Å². The molecular formula is C28H30BrN3O4. The Morgan fingerprint density at radius 1 is 0.972 bits per heavy atom. The molecule has 8 heteroatoms. The molecule has 188 valence electrons. The second-order valence-corrected chi connectivity index (χ2v) is 9.65. The molecule has 1 aliphatic heterocycles. The molecule has 3 aromatic carbocycles. The standard InChI is InChI=1S/C28H30BrN3O4/c1-19-15-22(29)17-23(26(19)35-2)27(33)30-24-16-21(28(34)36-3)9-10-25(24)32-13-11-31(12-14-32)18-20-7-5-4-6-8-20/h4-10,15-17H,11-14,18H2,1-3H3,(H,30,33). The first-order valence-corrected chi connectivity index (χ1v) is 12.6. The Bertz CT molecular complexity index is 1240. The van der Waals surface area contributed by atoms with Crippen molar-refractivity contribution in [1.29, 1.82) is 0 Å². The Hall–Kier alpha value is -3.36. The van der Waals surface area contributed by atoms with Crippen LogP contribution < -0.4 is 15.0 Å². The monoisotopic (exact) mass is 551 g/mol. The van der Waals surface area contributed by atoms with Crippen LogP contribution in [0.2, 0.25) is 0 Å². The van der Waals surface area contributed by atoms with Crippen LogP contribution in [-0.4, -0.2) is 57.2 Å². The van der Waals surface area contributed by atoms with E-state index in [4.69, 9.17) is 9.47 Å². The number of carbonyl (C=O) groups is 2. The molecule has 0 spiro atoms. The fraction of sp³-hybridized carbons (Fsp3) is 0.286. The number of ether oxygens (including phenoxy) is 2. The van der Waals surface area contributed by atoms with E-state index in [1.165, 1.54) is 12.7 Å². The lowest BCUT2D eigenvalue weighted by Gasteiger charge is -2.37. The Kier molecular flexibility index (Phi) is 8.28. The zero-order valence-electron chi connectivity index (χ0n) is 20.7. The lowest BCUT2D eigenvalue weighted by molar-refractivity contribution is 0.0600. The molecule has 4 rings (SSSR count). The maximum Gasteiger partial charge on any atom is 0.337 e. The molecule has 1 aliphatic rings. The molecule has 1 N–H and O–H groups in total. The summed E-state index contributed by atoms with van der Waals surface area (Å²) in [5, 5.41) is 3.02.